The molecule has 0 radical (unpaired) electrons. The maximum absolute atomic E-state index is 15.0. The predicted octanol–water partition coefficient (Wildman–Crippen LogP) is 3.11. The Balaban J connectivity index is 1.52. The largest absolute Gasteiger partial charge is 0.493 e. The molecule has 1 aliphatic heterocycles. The number of carbonyl (C=O) groups is 1. The molecule has 0 bridgehead atoms. The van der Waals surface area contributed by atoms with Gasteiger partial charge >= 0.3 is 5.69 Å². The fourth-order valence-corrected chi connectivity index (χ4v) is 4.37. The molecule has 2 aromatic heterocycles. The molecule has 0 unspecified atom stereocenters. The lowest BCUT2D eigenvalue weighted by atomic mass is 10.1. The molecular formula is C24H28FN5O3. The van der Waals surface area contributed by atoms with Crippen LogP contribution >= 0.6 is 0 Å². The van der Waals surface area contributed by atoms with E-state index in [9.17, 15) is 19.1 Å². The van der Waals surface area contributed by atoms with E-state index in [-0.39, 0.29) is 29.0 Å². The van der Waals surface area contributed by atoms with E-state index in [1.54, 1.807) is 4.90 Å². The second kappa shape index (κ2) is 8.73. The van der Waals surface area contributed by atoms with Crippen molar-refractivity contribution in [3.8, 4) is 11.6 Å². The van der Waals surface area contributed by atoms with Crippen molar-refractivity contribution >= 4 is 11.7 Å². The van der Waals surface area contributed by atoms with Crippen LogP contribution in [0, 0.1) is 19.7 Å². The topological polar surface area (TPSA) is 94.5 Å². The van der Waals surface area contributed by atoms with Crippen molar-refractivity contribution in [1.29, 1.82) is 0 Å². The summed E-state index contributed by atoms with van der Waals surface area (Å²) in [4.78, 5) is 35.9. The van der Waals surface area contributed by atoms with E-state index in [4.69, 9.17) is 0 Å². The predicted molar refractivity (Wildman–Crippen MR) is 124 cm³/mol. The third-order valence-electron chi connectivity index (χ3n) is 5.95. The highest BCUT2D eigenvalue weighted by molar-refractivity contribution is 5.95. The summed E-state index contributed by atoms with van der Waals surface area (Å²) in [5, 5.41) is 10.0. The number of nitrogens with zero attached hydrogens (tertiary/aromatic N) is 4. The normalized spacial score (nSPS) is 14.2. The van der Waals surface area contributed by atoms with Crippen LogP contribution < -0.4 is 10.6 Å². The van der Waals surface area contributed by atoms with Crippen LogP contribution in [0.5, 0.6) is 5.88 Å². The SMILES string of the molecule is Cc1cnc(N2CCN(C(=O)c3ccc(-n4c(C(C)C)c(O)[nH]c4=O)cc3F)CC2)c(C)c1. The number of aryl methyl sites for hydroxylation is 2. The number of pyridine rings is 1. The maximum Gasteiger partial charge on any atom is 0.333 e. The molecule has 0 spiro atoms. The minimum Gasteiger partial charge on any atom is -0.493 e. The Morgan fingerprint density at radius 3 is 2.45 bits per heavy atom. The number of halogens is 1. The second-order valence-electron chi connectivity index (χ2n) is 8.75. The Labute approximate surface area is 191 Å². The van der Waals surface area contributed by atoms with Gasteiger partial charge in [-0.05, 0) is 49.1 Å². The van der Waals surface area contributed by atoms with Gasteiger partial charge in [-0.3, -0.25) is 14.3 Å². The van der Waals surface area contributed by atoms with Gasteiger partial charge in [-0.2, -0.15) is 0 Å². The quantitative estimate of drug-likeness (QED) is 0.633. The fraction of sp³-hybridized carbons (Fsp3) is 0.375. The summed E-state index contributed by atoms with van der Waals surface area (Å²) in [6.45, 7) is 9.79. The van der Waals surface area contributed by atoms with E-state index in [0.717, 1.165) is 23.0 Å². The average Bonchev–Trinajstić information content (AvgIpc) is 3.07. The first-order chi connectivity index (χ1) is 15.7. The minimum absolute atomic E-state index is 0.0456. The van der Waals surface area contributed by atoms with Crippen LogP contribution in [0.15, 0.2) is 35.3 Å². The number of rotatable bonds is 4. The van der Waals surface area contributed by atoms with E-state index < -0.39 is 11.5 Å². The molecule has 3 aromatic rings. The summed E-state index contributed by atoms with van der Waals surface area (Å²) in [7, 11) is 0. The molecule has 4 rings (SSSR count). The maximum atomic E-state index is 15.0. The number of benzene rings is 1. The number of nitrogens with one attached hydrogen (secondary N) is 1. The molecule has 8 nitrogen and oxygen atoms in total. The van der Waals surface area contributed by atoms with Gasteiger partial charge in [-0.25, -0.2) is 14.2 Å². The molecule has 174 valence electrons. The highest BCUT2D eigenvalue weighted by atomic mass is 19.1. The van der Waals surface area contributed by atoms with Crippen molar-refractivity contribution in [2.75, 3.05) is 31.1 Å². The van der Waals surface area contributed by atoms with Crippen molar-refractivity contribution in [3.63, 3.8) is 0 Å². The number of aromatic hydroxyl groups is 1. The number of H-pyrrole nitrogens is 1. The van der Waals surface area contributed by atoms with Crippen LogP contribution in [0.3, 0.4) is 0 Å². The van der Waals surface area contributed by atoms with Crippen molar-refractivity contribution in [1.82, 2.24) is 19.4 Å². The Morgan fingerprint density at radius 2 is 1.85 bits per heavy atom. The van der Waals surface area contributed by atoms with Crippen molar-refractivity contribution in [2.24, 2.45) is 0 Å². The summed E-state index contributed by atoms with van der Waals surface area (Å²) in [5.74, 6) is -0.605. The van der Waals surface area contributed by atoms with Crippen molar-refractivity contribution in [2.45, 2.75) is 33.6 Å². The molecule has 1 aromatic carbocycles. The third kappa shape index (κ3) is 4.22. The van der Waals surface area contributed by atoms with Gasteiger partial charge in [0.15, 0.2) is 0 Å². The zero-order valence-electron chi connectivity index (χ0n) is 19.2. The number of hydrogen-bond donors (Lipinski definition) is 2. The van der Waals surface area contributed by atoms with E-state index in [2.05, 4.69) is 20.9 Å². The smallest absolute Gasteiger partial charge is 0.333 e. The zero-order chi connectivity index (χ0) is 23.9. The molecule has 1 amide bonds. The number of aromatic nitrogens is 3. The Hall–Kier alpha value is -3.62. The highest BCUT2D eigenvalue weighted by Gasteiger charge is 2.26. The number of anilines is 1. The van der Waals surface area contributed by atoms with E-state index in [1.165, 1.54) is 16.7 Å². The summed E-state index contributed by atoms with van der Waals surface area (Å²) in [6, 6.07) is 6.15. The van der Waals surface area contributed by atoms with Gasteiger partial charge in [0.25, 0.3) is 5.91 Å². The zero-order valence-corrected chi connectivity index (χ0v) is 19.2. The molecule has 0 saturated carbocycles. The fourth-order valence-electron chi connectivity index (χ4n) is 4.37. The van der Waals surface area contributed by atoms with E-state index in [0.29, 0.717) is 31.9 Å². The number of amides is 1. The lowest BCUT2D eigenvalue weighted by molar-refractivity contribution is 0.0742. The van der Waals surface area contributed by atoms with Gasteiger partial charge in [-0.1, -0.05) is 19.9 Å². The molecule has 9 heteroatoms. The Morgan fingerprint density at radius 1 is 1.15 bits per heavy atom. The van der Waals surface area contributed by atoms with Crippen LogP contribution in [0.25, 0.3) is 5.69 Å². The second-order valence-corrected chi connectivity index (χ2v) is 8.75. The molecule has 2 N–H and O–H groups in total. The van der Waals surface area contributed by atoms with Gasteiger partial charge in [-0.15, -0.1) is 0 Å². The van der Waals surface area contributed by atoms with E-state index >= 15 is 0 Å². The van der Waals surface area contributed by atoms with Crippen LogP contribution in [-0.4, -0.2) is 56.6 Å². The van der Waals surface area contributed by atoms with Gasteiger partial charge in [0.1, 0.15) is 11.6 Å². The molecular weight excluding hydrogens is 425 g/mol. The highest BCUT2D eigenvalue weighted by Crippen LogP contribution is 2.26. The summed E-state index contributed by atoms with van der Waals surface area (Å²) in [5.41, 5.74) is 2.18. The van der Waals surface area contributed by atoms with Crippen LogP contribution in [0.4, 0.5) is 10.2 Å². The number of piperazine rings is 1. The van der Waals surface area contributed by atoms with Gasteiger partial charge in [0, 0.05) is 32.4 Å². The lowest BCUT2D eigenvalue weighted by Gasteiger charge is -2.36. The molecule has 3 heterocycles. The third-order valence-corrected chi connectivity index (χ3v) is 5.95. The molecule has 1 saturated heterocycles. The summed E-state index contributed by atoms with van der Waals surface area (Å²) in [6.07, 6.45) is 1.83. The Bertz CT molecular complexity index is 1260. The average molecular weight is 454 g/mol. The summed E-state index contributed by atoms with van der Waals surface area (Å²) >= 11 is 0. The van der Waals surface area contributed by atoms with Crippen LogP contribution in [0.1, 0.15) is 46.9 Å². The monoisotopic (exact) mass is 453 g/mol. The van der Waals surface area contributed by atoms with E-state index in [1.807, 2.05) is 33.9 Å². The van der Waals surface area contributed by atoms with Crippen molar-refractivity contribution in [3.05, 3.63) is 69.1 Å². The van der Waals surface area contributed by atoms with Crippen LogP contribution in [0.2, 0.25) is 0 Å². The molecule has 1 aliphatic rings. The molecule has 33 heavy (non-hydrogen) atoms. The van der Waals surface area contributed by atoms with Gasteiger partial charge < -0.3 is 14.9 Å². The van der Waals surface area contributed by atoms with Crippen molar-refractivity contribution < 1.29 is 14.3 Å². The standard InChI is InChI=1S/C24H28FN5O3/c1-14(2)20-22(31)27-24(33)30(20)17-5-6-18(19(25)12-17)23(32)29-9-7-28(8-10-29)21-16(4)11-15(3)13-26-21/h5-6,11-14,31H,7-10H2,1-4H3,(H,27,33). The molecule has 0 aliphatic carbocycles. The molecule has 0 atom stereocenters. The van der Waals surface area contributed by atoms with Gasteiger partial charge in [0.2, 0.25) is 5.88 Å². The number of aromatic amines is 1. The summed E-state index contributed by atoms with van der Waals surface area (Å²) < 4.78 is 16.2. The van der Waals surface area contributed by atoms with Gasteiger partial charge in [0.05, 0.1) is 16.9 Å². The first kappa shape index (κ1) is 22.6. The number of hydrogen-bond acceptors (Lipinski definition) is 5. The minimum atomic E-state index is -0.710. The van der Waals surface area contributed by atoms with Crippen LogP contribution in [-0.2, 0) is 0 Å². The first-order valence-corrected chi connectivity index (χ1v) is 11.0. The lowest BCUT2D eigenvalue weighted by Crippen LogP contribution is -2.49. The number of carbonyl (C=O) groups excluding carboxylic acids is 1. The Kier molecular flexibility index (Phi) is 5.97. The number of imidazole rings is 1. The first-order valence-electron chi connectivity index (χ1n) is 11.0. The molecule has 1 fully saturated rings.